The first-order chi connectivity index (χ1) is 15.3. The quantitative estimate of drug-likeness (QED) is 0.247. The van der Waals surface area contributed by atoms with Gasteiger partial charge in [-0.2, -0.15) is 0 Å². The van der Waals surface area contributed by atoms with E-state index in [4.69, 9.17) is 10.5 Å². The van der Waals surface area contributed by atoms with Gasteiger partial charge in [0.1, 0.15) is 6.04 Å². The molecule has 11 nitrogen and oxygen atoms in total. The highest BCUT2D eigenvalue weighted by atomic mass is 16.6. The monoisotopic (exact) mass is 451 g/mol. The van der Waals surface area contributed by atoms with Crippen LogP contribution < -0.4 is 16.4 Å². The highest BCUT2D eigenvalue weighted by Gasteiger charge is 2.32. The van der Waals surface area contributed by atoms with Gasteiger partial charge in [-0.3, -0.25) is 14.9 Å². The van der Waals surface area contributed by atoms with E-state index in [1.54, 1.807) is 17.9 Å². The predicted molar refractivity (Wildman–Crippen MR) is 117 cm³/mol. The van der Waals surface area contributed by atoms with Crippen molar-refractivity contribution in [3.05, 3.63) is 34.0 Å². The third kappa shape index (κ3) is 7.86. The Labute approximate surface area is 187 Å². The number of carbonyl (C=O) groups is 3. The average Bonchev–Trinajstić information content (AvgIpc) is 3.30. The zero-order valence-electron chi connectivity index (χ0n) is 18.5. The first-order valence-corrected chi connectivity index (χ1v) is 11.1. The Balaban J connectivity index is 1.86. The van der Waals surface area contributed by atoms with Gasteiger partial charge >= 0.3 is 12.1 Å². The fourth-order valence-corrected chi connectivity index (χ4v) is 3.96. The molecule has 4 amide bonds. The lowest BCUT2D eigenvalue weighted by atomic mass is 9.86. The summed E-state index contributed by atoms with van der Waals surface area (Å²) in [6.45, 7) is 3.52. The van der Waals surface area contributed by atoms with Crippen molar-refractivity contribution in [3.8, 4) is 0 Å². The molecular formula is C21H33N5O6. The van der Waals surface area contributed by atoms with Gasteiger partial charge < -0.3 is 26.0 Å². The molecule has 0 saturated carbocycles. The van der Waals surface area contributed by atoms with Crippen LogP contribution >= 0.6 is 0 Å². The number of hydrogen-bond donors (Lipinski definition) is 3. The largest absolute Gasteiger partial charge is 0.449 e. The number of primary amides is 1. The van der Waals surface area contributed by atoms with Crippen molar-refractivity contribution in [2.75, 3.05) is 26.2 Å². The second-order valence-corrected chi connectivity index (χ2v) is 8.21. The summed E-state index contributed by atoms with van der Waals surface area (Å²) in [6, 6.07) is -1.33. The molecule has 4 N–H and O–H groups in total. The zero-order chi connectivity index (χ0) is 23.5. The smallest absolute Gasteiger partial charge is 0.407 e. The minimum atomic E-state index is -0.726. The molecule has 0 aromatic rings. The van der Waals surface area contributed by atoms with Crippen molar-refractivity contribution in [3.63, 3.8) is 0 Å². The number of likely N-dealkylation sites (tertiary alicyclic amines) is 1. The summed E-state index contributed by atoms with van der Waals surface area (Å²) in [6.07, 6.45) is 8.27. The minimum Gasteiger partial charge on any atom is -0.449 e. The van der Waals surface area contributed by atoms with Gasteiger partial charge in [-0.05, 0) is 38.5 Å². The van der Waals surface area contributed by atoms with Crippen LogP contribution in [-0.2, 0) is 9.53 Å². The third-order valence-corrected chi connectivity index (χ3v) is 5.77. The predicted octanol–water partition coefficient (Wildman–Crippen LogP) is 1.92. The topological polar surface area (TPSA) is 157 Å². The number of alkyl carbamates (subject to hydrolysis) is 1. The number of nitro groups is 1. The van der Waals surface area contributed by atoms with Gasteiger partial charge in [0.2, 0.25) is 11.6 Å². The molecule has 0 spiro atoms. The molecule has 2 unspecified atom stereocenters. The molecule has 0 bridgehead atoms. The number of amides is 4. The minimum absolute atomic E-state index is 0.00266. The molecule has 11 heteroatoms. The van der Waals surface area contributed by atoms with Crippen LogP contribution in [0.1, 0.15) is 45.4 Å². The lowest BCUT2D eigenvalue weighted by Crippen LogP contribution is -2.48. The number of rotatable bonds is 11. The van der Waals surface area contributed by atoms with E-state index in [-0.39, 0.29) is 30.0 Å². The van der Waals surface area contributed by atoms with E-state index in [2.05, 4.69) is 10.6 Å². The van der Waals surface area contributed by atoms with Gasteiger partial charge in [-0.25, -0.2) is 9.59 Å². The van der Waals surface area contributed by atoms with Crippen molar-refractivity contribution >= 4 is 18.0 Å². The Hall–Kier alpha value is -3.11. The van der Waals surface area contributed by atoms with E-state index in [1.165, 1.54) is 6.08 Å². The summed E-state index contributed by atoms with van der Waals surface area (Å²) in [4.78, 5) is 48.6. The van der Waals surface area contributed by atoms with Crippen LogP contribution in [0.5, 0.6) is 0 Å². The Morgan fingerprint density at radius 3 is 2.69 bits per heavy atom. The number of nitrogens with two attached hydrogens (primary N) is 1. The van der Waals surface area contributed by atoms with E-state index in [0.717, 1.165) is 12.8 Å². The molecule has 2 aliphatic rings. The molecule has 1 fully saturated rings. The number of hydrogen-bond acceptors (Lipinski definition) is 6. The molecule has 0 aromatic heterocycles. The second kappa shape index (κ2) is 12.7. The van der Waals surface area contributed by atoms with Gasteiger partial charge in [0.05, 0.1) is 17.4 Å². The van der Waals surface area contributed by atoms with Gasteiger partial charge in [0, 0.05) is 31.6 Å². The molecule has 0 radical (unpaired) electrons. The molecular weight excluding hydrogens is 418 g/mol. The van der Waals surface area contributed by atoms with Crippen molar-refractivity contribution in [1.82, 2.24) is 15.5 Å². The maximum absolute atomic E-state index is 12.8. The average molecular weight is 452 g/mol. The Bertz CT molecular complexity index is 747. The summed E-state index contributed by atoms with van der Waals surface area (Å²) < 4.78 is 5.32. The lowest BCUT2D eigenvalue weighted by Gasteiger charge is -2.25. The maximum atomic E-state index is 12.8. The molecule has 2 rings (SSSR count). The van der Waals surface area contributed by atoms with Gasteiger partial charge in [-0.1, -0.05) is 19.1 Å². The van der Waals surface area contributed by atoms with Crippen molar-refractivity contribution in [2.45, 2.75) is 51.5 Å². The van der Waals surface area contributed by atoms with Crippen LogP contribution in [0.4, 0.5) is 9.59 Å². The fraction of sp³-hybridized carbons (Fsp3) is 0.667. The zero-order valence-corrected chi connectivity index (χ0v) is 18.5. The molecule has 178 valence electrons. The number of carbonyl (C=O) groups excluding carboxylic acids is 3. The highest BCUT2D eigenvalue weighted by molar-refractivity contribution is 5.85. The number of allylic oxidation sites excluding steroid dienone is 4. The second-order valence-electron chi connectivity index (χ2n) is 8.21. The summed E-state index contributed by atoms with van der Waals surface area (Å²) in [5.41, 5.74) is 5.15. The van der Waals surface area contributed by atoms with Crippen LogP contribution in [0.3, 0.4) is 0 Å². The standard InChI is InChI=1S/C21H33N5O6/c1-15(16-8-2-3-10-18(16)26(30)31)14-32-21(29)24-17(9-4-5-11-23-20(22)28)19(27)25-12-6-7-13-25/h2-3,10,15-17H,4-9,11-14H2,1H3,(H,24,29)(H3,22,23,28)/t15?,16?,17-/m0/s1. The van der Waals surface area contributed by atoms with Crippen LogP contribution in [0.15, 0.2) is 23.9 Å². The molecule has 1 aliphatic heterocycles. The van der Waals surface area contributed by atoms with E-state index in [1.807, 2.05) is 6.08 Å². The van der Waals surface area contributed by atoms with Gasteiger partial charge in [0.25, 0.3) is 0 Å². The van der Waals surface area contributed by atoms with Crippen LogP contribution in [-0.4, -0.2) is 60.1 Å². The van der Waals surface area contributed by atoms with Crippen LogP contribution in [0, 0.1) is 22.0 Å². The van der Waals surface area contributed by atoms with Crippen LogP contribution in [0.2, 0.25) is 0 Å². The number of nitrogens with one attached hydrogen (secondary N) is 2. The summed E-state index contributed by atoms with van der Waals surface area (Å²) in [5.74, 6) is -0.746. The fourth-order valence-electron chi connectivity index (χ4n) is 3.96. The first kappa shape index (κ1) is 25.2. The van der Waals surface area contributed by atoms with Gasteiger partial charge in [0.15, 0.2) is 0 Å². The van der Waals surface area contributed by atoms with E-state index >= 15 is 0 Å². The molecule has 1 saturated heterocycles. The summed E-state index contributed by atoms with van der Waals surface area (Å²) in [7, 11) is 0. The summed E-state index contributed by atoms with van der Waals surface area (Å²) >= 11 is 0. The van der Waals surface area contributed by atoms with Crippen molar-refractivity contribution in [2.24, 2.45) is 17.6 Å². The molecule has 0 aromatic carbocycles. The maximum Gasteiger partial charge on any atom is 0.407 e. The van der Waals surface area contributed by atoms with E-state index in [0.29, 0.717) is 45.3 Å². The normalized spacial score (nSPS) is 19.6. The molecule has 32 heavy (non-hydrogen) atoms. The molecule has 1 aliphatic carbocycles. The molecule has 3 atom stereocenters. The SMILES string of the molecule is CC(COC(=O)N[C@@H](CCCCNC(N)=O)C(=O)N1CCCC1)C1CC=CC=C1[N+](=O)[O-]. The first-order valence-electron chi connectivity index (χ1n) is 11.1. The number of nitrogens with zero attached hydrogens (tertiary/aromatic N) is 2. The lowest BCUT2D eigenvalue weighted by molar-refractivity contribution is -0.435. The highest BCUT2D eigenvalue weighted by Crippen LogP contribution is 2.28. The molecule has 1 heterocycles. The van der Waals surface area contributed by atoms with Crippen molar-refractivity contribution < 1.29 is 24.0 Å². The number of ether oxygens (including phenoxy) is 1. The Morgan fingerprint density at radius 1 is 1.31 bits per heavy atom. The number of urea groups is 1. The van der Waals surface area contributed by atoms with Crippen LogP contribution in [0.25, 0.3) is 0 Å². The Morgan fingerprint density at radius 2 is 2.03 bits per heavy atom. The number of unbranched alkanes of at least 4 members (excludes halogenated alkanes) is 1. The summed E-state index contributed by atoms with van der Waals surface area (Å²) in [5, 5.41) is 16.4. The van der Waals surface area contributed by atoms with Crippen molar-refractivity contribution in [1.29, 1.82) is 0 Å². The third-order valence-electron chi connectivity index (χ3n) is 5.77. The van der Waals surface area contributed by atoms with E-state index < -0.39 is 23.1 Å². The Kier molecular flexibility index (Phi) is 9.96. The van der Waals surface area contributed by atoms with E-state index in [9.17, 15) is 24.5 Å². The van der Waals surface area contributed by atoms with Gasteiger partial charge in [-0.15, -0.1) is 0 Å².